The van der Waals surface area contributed by atoms with Crippen molar-refractivity contribution < 1.29 is 9.53 Å². The second-order valence-electron chi connectivity index (χ2n) is 11.5. The molecule has 0 aliphatic carbocycles. The molecule has 1 aliphatic heterocycles. The van der Waals surface area contributed by atoms with Gasteiger partial charge < -0.3 is 10.1 Å². The second-order valence-corrected chi connectivity index (χ2v) is 11.5. The molecule has 2 aromatic carbocycles. The predicted octanol–water partition coefficient (Wildman–Crippen LogP) is 5.94. The quantitative estimate of drug-likeness (QED) is 0.465. The van der Waals surface area contributed by atoms with Crippen LogP contribution >= 0.6 is 0 Å². The highest BCUT2D eigenvalue weighted by molar-refractivity contribution is 5.99. The molecule has 4 rings (SSSR count). The molecule has 1 saturated heterocycles. The van der Waals surface area contributed by atoms with E-state index in [1.165, 1.54) is 11.1 Å². The number of ether oxygens (including phenoxy) is 1. The van der Waals surface area contributed by atoms with Gasteiger partial charge in [-0.2, -0.15) is 5.10 Å². The maximum absolute atomic E-state index is 12.9. The van der Waals surface area contributed by atoms with E-state index in [1.54, 1.807) is 4.68 Å². The van der Waals surface area contributed by atoms with Crippen molar-refractivity contribution in [3.63, 3.8) is 0 Å². The molecule has 1 fully saturated rings. The molecule has 0 spiro atoms. The van der Waals surface area contributed by atoms with E-state index in [1.807, 2.05) is 18.2 Å². The van der Waals surface area contributed by atoms with E-state index < -0.39 is 0 Å². The zero-order valence-corrected chi connectivity index (χ0v) is 22.4. The van der Waals surface area contributed by atoms with Crippen LogP contribution in [0.15, 0.2) is 54.6 Å². The molecule has 2 N–H and O–H groups in total. The smallest absolute Gasteiger partial charge is 0.324 e. The molecular formula is C29H39N5O2. The standard InChI is InChI=1S/C29H39N5O2/c1-28(2,3)22-9-11-23(12-10-22)30-27(35)31-26-19-25(29(4,5)6)32-34(26)24-13-7-21(8-14-24)20-33-15-17-36-18-16-33/h7-14,19H,15-18,20H2,1-6H3,(H2,30,31,35). The van der Waals surface area contributed by atoms with Gasteiger partial charge in [0.2, 0.25) is 0 Å². The Morgan fingerprint density at radius 2 is 1.53 bits per heavy atom. The van der Waals surface area contributed by atoms with Crippen LogP contribution in [0.1, 0.15) is 58.4 Å². The monoisotopic (exact) mass is 489 g/mol. The zero-order valence-electron chi connectivity index (χ0n) is 22.4. The Balaban J connectivity index is 1.51. The lowest BCUT2D eigenvalue weighted by atomic mass is 9.87. The number of carbonyl (C=O) groups is 1. The van der Waals surface area contributed by atoms with Crippen molar-refractivity contribution in [1.82, 2.24) is 14.7 Å². The van der Waals surface area contributed by atoms with Gasteiger partial charge in [-0.1, -0.05) is 65.8 Å². The SMILES string of the molecule is CC(C)(C)c1ccc(NC(=O)Nc2cc(C(C)(C)C)nn2-c2ccc(CN3CCOCC3)cc2)cc1. The van der Waals surface area contributed by atoms with Crippen molar-refractivity contribution in [1.29, 1.82) is 0 Å². The van der Waals surface area contributed by atoms with Crippen molar-refractivity contribution in [3.8, 4) is 5.69 Å². The van der Waals surface area contributed by atoms with Crippen molar-refractivity contribution in [3.05, 3.63) is 71.4 Å². The lowest BCUT2D eigenvalue weighted by molar-refractivity contribution is 0.0342. The number of carbonyl (C=O) groups excluding carboxylic acids is 1. The summed E-state index contributed by atoms with van der Waals surface area (Å²) in [7, 11) is 0. The van der Waals surface area contributed by atoms with Gasteiger partial charge in [0, 0.05) is 36.8 Å². The normalized spacial score (nSPS) is 15.1. The number of hydrogen-bond acceptors (Lipinski definition) is 4. The van der Waals surface area contributed by atoms with Gasteiger partial charge in [0.25, 0.3) is 0 Å². The molecule has 0 atom stereocenters. The lowest BCUT2D eigenvalue weighted by Gasteiger charge is -2.26. The molecule has 1 aliphatic rings. The fraction of sp³-hybridized carbons (Fsp3) is 0.448. The molecule has 0 radical (unpaired) electrons. The number of nitrogens with zero attached hydrogens (tertiary/aromatic N) is 3. The highest BCUT2D eigenvalue weighted by atomic mass is 16.5. The van der Waals surface area contributed by atoms with Crippen molar-refractivity contribution in [2.75, 3.05) is 36.9 Å². The first-order valence-corrected chi connectivity index (χ1v) is 12.7. The van der Waals surface area contributed by atoms with Crippen LogP contribution in [0.2, 0.25) is 0 Å². The van der Waals surface area contributed by atoms with Crippen molar-refractivity contribution in [2.24, 2.45) is 0 Å². The van der Waals surface area contributed by atoms with E-state index in [9.17, 15) is 4.79 Å². The molecule has 0 saturated carbocycles. The van der Waals surface area contributed by atoms with E-state index in [2.05, 4.69) is 93.5 Å². The molecule has 7 nitrogen and oxygen atoms in total. The first-order chi connectivity index (χ1) is 17.0. The highest BCUT2D eigenvalue weighted by Crippen LogP contribution is 2.27. The summed E-state index contributed by atoms with van der Waals surface area (Å²) in [5.41, 5.74) is 4.93. The molecule has 36 heavy (non-hydrogen) atoms. The third-order valence-corrected chi connectivity index (χ3v) is 6.42. The molecule has 0 unspecified atom stereocenters. The Morgan fingerprint density at radius 3 is 2.11 bits per heavy atom. The summed E-state index contributed by atoms with van der Waals surface area (Å²) in [4.78, 5) is 15.3. The topological polar surface area (TPSA) is 71.4 Å². The minimum Gasteiger partial charge on any atom is -0.379 e. The van der Waals surface area contributed by atoms with Crippen molar-refractivity contribution in [2.45, 2.75) is 58.9 Å². The number of rotatable bonds is 5. The number of anilines is 2. The van der Waals surface area contributed by atoms with Crippen LogP contribution in [0.5, 0.6) is 0 Å². The summed E-state index contributed by atoms with van der Waals surface area (Å²) in [5, 5.41) is 10.8. The summed E-state index contributed by atoms with van der Waals surface area (Å²) in [6, 6.07) is 18.0. The number of benzene rings is 2. The average Bonchev–Trinajstić information content (AvgIpc) is 3.24. The van der Waals surface area contributed by atoms with Gasteiger partial charge in [-0.25, -0.2) is 9.48 Å². The number of aromatic nitrogens is 2. The van der Waals surface area contributed by atoms with Crippen LogP contribution in [0.4, 0.5) is 16.3 Å². The molecule has 2 amide bonds. The Bertz CT molecular complexity index is 1160. The van der Waals surface area contributed by atoms with Gasteiger partial charge in [0.1, 0.15) is 5.82 Å². The second kappa shape index (κ2) is 10.4. The third-order valence-electron chi connectivity index (χ3n) is 6.42. The molecule has 0 bridgehead atoms. The number of urea groups is 1. The van der Waals surface area contributed by atoms with Crippen LogP contribution < -0.4 is 10.6 Å². The molecule has 7 heteroatoms. The van der Waals surface area contributed by atoms with Crippen LogP contribution in [0, 0.1) is 0 Å². The average molecular weight is 490 g/mol. The van der Waals surface area contributed by atoms with E-state index >= 15 is 0 Å². The van der Waals surface area contributed by atoms with E-state index in [-0.39, 0.29) is 16.9 Å². The summed E-state index contributed by atoms with van der Waals surface area (Å²) >= 11 is 0. The van der Waals surface area contributed by atoms with Gasteiger partial charge in [0.15, 0.2) is 0 Å². The fourth-order valence-corrected chi connectivity index (χ4v) is 4.13. The van der Waals surface area contributed by atoms with Crippen molar-refractivity contribution >= 4 is 17.5 Å². The van der Waals surface area contributed by atoms with Crippen LogP contribution in [-0.4, -0.2) is 47.0 Å². The molecule has 2 heterocycles. The molecule has 192 valence electrons. The number of morpholine rings is 1. The van der Waals surface area contributed by atoms with Gasteiger partial charge in [-0.3, -0.25) is 10.2 Å². The van der Waals surface area contributed by atoms with Gasteiger partial charge in [-0.05, 0) is 40.8 Å². The number of amides is 2. The van der Waals surface area contributed by atoms with E-state index in [4.69, 9.17) is 9.84 Å². The first kappa shape index (κ1) is 25.9. The van der Waals surface area contributed by atoms with Crippen LogP contribution in [0.25, 0.3) is 5.69 Å². The summed E-state index contributed by atoms with van der Waals surface area (Å²) in [5.74, 6) is 0.629. The maximum atomic E-state index is 12.9. The zero-order chi connectivity index (χ0) is 25.9. The molecule has 1 aromatic heterocycles. The van der Waals surface area contributed by atoms with Crippen LogP contribution in [0.3, 0.4) is 0 Å². The number of hydrogen-bond donors (Lipinski definition) is 2. The Hall–Kier alpha value is -3.16. The highest BCUT2D eigenvalue weighted by Gasteiger charge is 2.22. The molecular weight excluding hydrogens is 450 g/mol. The lowest BCUT2D eigenvalue weighted by Crippen LogP contribution is -2.35. The third kappa shape index (κ3) is 6.53. The van der Waals surface area contributed by atoms with E-state index in [0.29, 0.717) is 5.82 Å². The predicted molar refractivity (Wildman–Crippen MR) is 146 cm³/mol. The van der Waals surface area contributed by atoms with Gasteiger partial charge in [-0.15, -0.1) is 0 Å². The number of nitrogens with one attached hydrogen (secondary N) is 2. The summed E-state index contributed by atoms with van der Waals surface area (Å²) in [6.45, 7) is 17.3. The summed E-state index contributed by atoms with van der Waals surface area (Å²) in [6.07, 6.45) is 0. The van der Waals surface area contributed by atoms with Gasteiger partial charge in [0.05, 0.1) is 24.6 Å². The van der Waals surface area contributed by atoms with Gasteiger partial charge >= 0.3 is 6.03 Å². The minimum absolute atomic E-state index is 0.0639. The fourth-order valence-electron chi connectivity index (χ4n) is 4.13. The van der Waals surface area contributed by atoms with E-state index in [0.717, 1.165) is 49.9 Å². The Labute approximate surface area is 214 Å². The summed E-state index contributed by atoms with van der Waals surface area (Å²) < 4.78 is 7.26. The Morgan fingerprint density at radius 1 is 0.889 bits per heavy atom. The largest absolute Gasteiger partial charge is 0.379 e. The Kier molecular flexibility index (Phi) is 7.52. The molecule has 3 aromatic rings. The first-order valence-electron chi connectivity index (χ1n) is 12.7. The minimum atomic E-state index is -0.302. The van der Waals surface area contributed by atoms with Crippen LogP contribution in [-0.2, 0) is 22.1 Å². The maximum Gasteiger partial charge on any atom is 0.324 e.